The van der Waals surface area contributed by atoms with Crippen molar-refractivity contribution in [2.45, 2.75) is 17.6 Å². The van der Waals surface area contributed by atoms with Crippen molar-refractivity contribution < 1.29 is 9.59 Å². The second kappa shape index (κ2) is 4.65. The van der Waals surface area contributed by atoms with Crippen LogP contribution in [0.15, 0.2) is 0 Å². The summed E-state index contributed by atoms with van der Waals surface area (Å²) >= 11 is 1.82. The number of primary amides is 1. The van der Waals surface area contributed by atoms with Crippen LogP contribution in [-0.2, 0) is 4.79 Å². The van der Waals surface area contributed by atoms with E-state index in [0.29, 0.717) is 4.75 Å². The van der Waals surface area contributed by atoms with Gasteiger partial charge in [0.05, 0.1) is 6.54 Å². The third-order valence-corrected chi connectivity index (χ3v) is 3.65. The van der Waals surface area contributed by atoms with Crippen molar-refractivity contribution in [2.24, 2.45) is 5.73 Å². The van der Waals surface area contributed by atoms with Gasteiger partial charge in [0, 0.05) is 11.3 Å². The molecule has 0 radical (unpaired) electrons. The summed E-state index contributed by atoms with van der Waals surface area (Å²) in [6, 6.07) is -0.803. The molecule has 1 aliphatic rings. The van der Waals surface area contributed by atoms with Gasteiger partial charge in [0.1, 0.15) is 0 Å². The Labute approximate surface area is 87.2 Å². The van der Waals surface area contributed by atoms with Crippen molar-refractivity contribution in [3.8, 4) is 0 Å². The zero-order valence-electron chi connectivity index (χ0n) is 8.13. The number of hydrogen-bond acceptors (Lipinski definition) is 4. The Morgan fingerprint density at radius 2 is 2.14 bits per heavy atom. The van der Waals surface area contributed by atoms with E-state index in [4.69, 9.17) is 5.73 Å². The quantitative estimate of drug-likeness (QED) is 0.588. The minimum Gasteiger partial charge on any atom is -0.351 e. The molecule has 0 aliphatic heterocycles. The fourth-order valence-corrected chi connectivity index (χ4v) is 1.93. The Morgan fingerprint density at radius 1 is 1.50 bits per heavy atom. The van der Waals surface area contributed by atoms with Gasteiger partial charge < -0.3 is 11.1 Å². The summed E-state index contributed by atoms with van der Waals surface area (Å²) in [5.41, 5.74) is 4.79. The number of amides is 3. The highest BCUT2D eigenvalue weighted by molar-refractivity contribution is 8.00. The average Bonchev–Trinajstić information content (AvgIpc) is 2.84. The molecule has 1 saturated carbocycles. The van der Waals surface area contributed by atoms with Crippen LogP contribution in [0.5, 0.6) is 0 Å². The Bertz CT molecular complexity index is 241. The van der Waals surface area contributed by atoms with Gasteiger partial charge in [-0.25, -0.2) is 4.79 Å². The second-order valence-corrected chi connectivity index (χ2v) is 4.68. The molecule has 80 valence electrons. The van der Waals surface area contributed by atoms with Gasteiger partial charge in [0.2, 0.25) is 5.91 Å². The summed E-state index contributed by atoms with van der Waals surface area (Å²) in [6.45, 7) is 0.950. The highest BCUT2D eigenvalue weighted by Gasteiger charge is 2.41. The first-order chi connectivity index (χ1) is 6.58. The number of carbonyl (C=O) groups excluding carboxylic acids is 2. The van der Waals surface area contributed by atoms with Gasteiger partial charge in [0.15, 0.2) is 0 Å². The number of urea groups is 1. The lowest BCUT2D eigenvalue weighted by Crippen LogP contribution is -2.42. The van der Waals surface area contributed by atoms with Crippen LogP contribution in [0.1, 0.15) is 12.8 Å². The smallest absolute Gasteiger partial charge is 0.318 e. The van der Waals surface area contributed by atoms with Gasteiger partial charge in [-0.2, -0.15) is 11.8 Å². The van der Waals surface area contributed by atoms with Crippen LogP contribution in [0.3, 0.4) is 0 Å². The molecule has 6 heteroatoms. The molecule has 0 atom stereocenters. The number of thioether (sulfide) groups is 1. The number of nitrogens with two attached hydrogens (primary N) is 1. The van der Waals surface area contributed by atoms with Gasteiger partial charge in [0.25, 0.3) is 0 Å². The van der Waals surface area contributed by atoms with Crippen LogP contribution < -0.4 is 16.4 Å². The van der Waals surface area contributed by atoms with Crippen LogP contribution in [0.4, 0.5) is 4.79 Å². The van der Waals surface area contributed by atoms with E-state index in [9.17, 15) is 9.59 Å². The molecule has 0 spiro atoms. The zero-order chi connectivity index (χ0) is 10.6. The van der Waals surface area contributed by atoms with Gasteiger partial charge in [-0.05, 0) is 19.1 Å². The van der Waals surface area contributed by atoms with Crippen LogP contribution in [-0.4, -0.2) is 36.0 Å². The number of hydrogen-bond donors (Lipinski definition) is 3. The molecule has 0 heterocycles. The maximum Gasteiger partial charge on any atom is 0.318 e. The van der Waals surface area contributed by atoms with E-state index in [0.717, 1.165) is 6.54 Å². The summed E-state index contributed by atoms with van der Waals surface area (Å²) in [5.74, 6) is -0.380. The highest BCUT2D eigenvalue weighted by atomic mass is 32.2. The number of carbonyl (C=O) groups is 2. The first-order valence-corrected chi connectivity index (χ1v) is 5.66. The van der Waals surface area contributed by atoms with Crippen molar-refractivity contribution in [3.63, 3.8) is 0 Å². The molecule has 3 amide bonds. The van der Waals surface area contributed by atoms with Crippen LogP contribution >= 0.6 is 11.8 Å². The molecule has 0 bridgehead atoms. The van der Waals surface area contributed by atoms with Crippen molar-refractivity contribution in [1.29, 1.82) is 0 Å². The van der Waals surface area contributed by atoms with Crippen molar-refractivity contribution in [1.82, 2.24) is 10.6 Å². The molecule has 14 heavy (non-hydrogen) atoms. The third kappa shape index (κ3) is 3.55. The molecule has 1 rings (SSSR count). The molecule has 0 saturated heterocycles. The van der Waals surface area contributed by atoms with Crippen LogP contribution in [0, 0.1) is 0 Å². The molecule has 5 nitrogen and oxygen atoms in total. The van der Waals surface area contributed by atoms with Gasteiger partial charge in [-0.15, -0.1) is 0 Å². The van der Waals surface area contributed by atoms with E-state index in [1.807, 2.05) is 17.1 Å². The Hall–Kier alpha value is -0.750. The minimum absolute atomic E-state index is 0.144. The maximum absolute atomic E-state index is 11.0. The van der Waals surface area contributed by atoms with Gasteiger partial charge >= 0.3 is 6.03 Å². The average molecular weight is 217 g/mol. The van der Waals surface area contributed by atoms with E-state index < -0.39 is 6.03 Å². The molecule has 4 N–H and O–H groups in total. The predicted octanol–water partition coefficient (Wildman–Crippen LogP) is -0.333. The van der Waals surface area contributed by atoms with Gasteiger partial charge in [-0.1, -0.05) is 0 Å². The molecule has 0 aromatic carbocycles. The van der Waals surface area contributed by atoms with Gasteiger partial charge in [-0.3, -0.25) is 10.1 Å². The summed E-state index contributed by atoms with van der Waals surface area (Å²) in [4.78, 5) is 21.3. The van der Waals surface area contributed by atoms with Crippen molar-refractivity contribution >= 4 is 23.7 Å². The second-order valence-electron chi connectivity index (χ2n) is 3.40. The topological polar surface area (TPSA) is 84.2 Å². The molecule has 0 aromatic heterocycles. The summed E-state index contributed by atoms with van der Waals surface area (Å²) in [7, 11) is 0. The molecule has 1 fully saturated rings. The molecule has 1 aliphatic carbocycles. The van der Waals surface area contributed by atoms with E-state index in [1.165, 1.54) is 12.8 Å². The SMILES string of the molecule is CSC1(CNCC(=O)NC(N)=O)CC1. The highest BCUT2D eigenvalue weighted by Crippen LogP contribution is 2.46. The standard InChI is InChI=1S/C8H15N3O2S/c1-14-8(2-3-8)5-10-4-6(12)11-7(9)13/h10H,2-5H2,1H3,(H3,9,11,12,13). The van der Waals surface area contributed by atoms with Crippen LogP contribution in [0.2, 0.25) is 0 Å². The monoisotopic (exact) mass is 217 g/mol. The van der Waals surface area contributed by atoms with Crippen molar-refractivity contribution in [2.75, 3.05) is 19.3 Å². The molecular weight excluding hydrogens is 202 g/mol. The zero-order valence-corrected chi connectivity index (χ0v) is 8.95. The minimum atomic E-state index is -0.803. The lowest BCUT2D eigenvalue weighted by atomic mass is 10.4. The molecule has 0 unspecified atom stereocenters. The first-order valence-electron chi connectivity index (χ1n) is 4.43. The summed E-state index contributed by atoms with van der Waals surface area (Å²) in [6.07, 6.45) is 4.45. The van der Waals surface area contributed by atoms with E-state index in [1.54, 1.807) is 0 Å². The Morgan fingerprint density at radius 3 is 2.57 bits per heavy atom. The maximum atomic E-state index is 11.0. The fraction of sp³-hybridized carbons (Fsp3) is 0.750. The van der Waals surface area contributed by atoms with E-state index in [2.05, 4.69) is 11.6 Å². The Balaban J connectivity index is 2.09. The predicted molar refractivity (Wildman–Crippen MR) is 56.1 cm³/mol. The number of rotatable bonds is 5. The summed E-state index contributed by atoms with van der Waals surface area (Å²) in [5, 5.41) is 5.00. The first kappa shape index (κ1) is 11.3. The fourth-order valence-electron chi connectivity index (χ4n) is 1.18. The molecular formula is C8H15N3O2S. The lowest BCUT2D eigenvalue weighted by Gasteiger charge is -2.12. The lowest BCUT2D eigenvalue weighted by molar-refractivity contribution is -0.119. The normalized spacial score (nSPS) is 17.5. The Kier molecular flexibility index (Phi) is 3.77. The molecule has 0 aromatic rings. The van der Waals surface area contributed by atoms with E-state index in [-0.39, 0.29) is 12.5 Å². The van der Waals surface area contributed by atoms with Crippen LogP contribution in [0.25, 0.3) is 0 Å². The van der Waals surface area contributed by atoms with Crippen molar-refractivity contribution in [3.05, 3.63) is 0 Å². The third-order valence-electron chi connectivity index (χ3n) is 2.24. The van der Waals surface area contributed by atoms with E-state index >= 15 is 0 Å². The summed E-state index contributed by atoms with van der Waals surface area (Å²) < 4.78 is 0.326. The number of imide groups is 1. The number of nitrogens with one attached hydrogen (secondary N) is 2. The largest absolute Gasteiger partial charge is 0.351 e.